The van der Waals surface area contributed by atoms with Crippen molar-refractivity contribution in [2.45, 2.75) is 38.8 Å². The molecule has 5 nitrogen and oxygen atoms in total. The van der Waals surface area contributed by atoms with Crippen molar-refractivity contribution in [2.24, 2.45) is 0 Å². The van der Waals surface area contributed by atoms with E-state index in [0.29, 0.717) is 0 Å². The first kappa shape index (κ1) is 21.8. The van der Waals surface area contributed by atoms with Crippen molar-refractivity contribution in [1.82, 2.24) is 9.80 Å². The van der Waals surface area contributed by atoms with Gasteiger partial charge in [-0.05, 0) is 75.2 Å². The Morgan fingerprint density at radius 1 is 1.03 bits per heavy atom. The van der Waals surface area contributed by atoms with Crippen molar-refractivity contribution in [3.63, 3.8) is 0 Å². The Morgan fingerprint density at radius 2 is 1.77 bits per heavy atom. The summed E-state index contributed by atoms with van der Waals surface area (Å²) >= 11 is 0. The van der Waals surface area contributed by atoms with Crippen LogP contribution in [0.1, 0.15) is 52.4 Å². The highest BCUT2D eigenvalue weighted by atomic mass is 16.5. The molecule has 0 N–H and O–H groups in total. The lowest BCUT2D eigenvalue weighted by Crippen LogP contribution is -2.39. The number of rotatable bonds is 5. The van der Waals surface area contributed by atoms with E-state index in [-0.39, 0.29) is 11.9 Å². The van der Waals surface area contributed by atoms with E-state index in [4.69, 9.17) is 4.74 Å². The molecule has 1 atom stereocenters. The SMILES string of the molecule is Cc1cc(C(=O)N2CCCCC2c2ccc(CN(C)C)cc2)ccc1N1CCOCC1. The highest BCUT2D eigenvalue weighted by Gasteiger charge is 2.29. The first-order valence-corrected chi connectivity index (χ1v) is 11.5. The molecule has 0 saturated carbocycles. The number of hydrogen-bond acceptors (Lipinski definition) is 4. The second-order valence-electron chi connectivity index (χ2n) is 9.09. The van der Waals surface area contributed by atoms with Crippen LogP contribution < -0.4 is 4.90 Å². The van der Waals surface area contributed by atoms with E-state index in [2.05, 4.69) is 72.1 Å². The van der Waals surface area contributed by atoms with Crippen LogP contribution in [0.2, 0.25) is 0 Å². The van der Waals surface area contributed by atoms with Gasteiger partial charge in [0.15, 0.2) is 0 Å². The summed E-state index contributed by atoms with van der Waals surface area (Å²) in [6, 6.07) is 15.2. The van der Waals surface area contributed by atoms with Gasteiger partial charge in [-0.15, -0.1) is 0 Å². The predicted octanol–water partition coefficient (Wildman–Crippen LogP) is 4.26. The summed E-state index contributed by atoms with van der Waals surface area (Å²) in [7, 11) is 4.17. The van der Waals surface area contributed by atoms with Crippen molar-refractivity contribution in [3.05, 3.63) is 64.7 Å². The minimum atomic E-state index is 0.152. The van der Waals surface area contributed by atoms with Crippen LogP contribution in [-0.4, -0.2) is 62.7 Å². The Labute approximate surface area is 186 Å². The maximum atomic E-state index is 13.5. The van der Waals surface area contributed by atoms with Crippen LogP contribution in [0.25, 0.3) is 0 Å². The van der Waals surface area contributed by atoms with Gasteiger partial charge in [-0.1, -0.05) is 24.3 Å². The van der Waals surface area contributed by atoms with E-state index in [1.54, 1.807) is 0 Å². The molecule has 4 rings (SSSR count). The molecule has 0 aromatic heterocycles. The molecule has 1 unspecified atom stereocenters. The molecule has 2 heterocycles. The van der Waals surface area contributed by atoms with Gasteiger partial charge in [-0.25, -0.2) is 0 Å². The third-order valence-corrected chi connectivity index (χ3v) is 6.42. The number of carbonyl (C=O) groups excluding carboxylic acids is 1. The van der Waals surface area contributed by atoms with Gasteiger partial charge in [0.25, 0.3) is 5.91 Å². The summed E-state index contributed by atoms with van der Waals surface area (Å²) in [5.41, 5.74) is 5.72. The Balaban J connectivity index is 1.52. The molecule has 0 bridgehead atoms. The molecular weight excluding hydrogens is 386 g/mol. The number of nitrogens with zero attached hydrogens (tertiary/aromatic N) is 3. The van der Waals surface area contributed by atoms with Gasteiger partial charge >= 0.3 is 0 Å². The molecule has 31 heavy (non-hydrogen) atoms. The maximum Gasteiger partial charge on any atom is 0.254 e. The predicted molar refractivity (Wildman–Crippen MR) is 126 cm³/mol. The van der Waals surface area contributed by atoms with Gasteiger partial charge in [-0.2, -0.15) is 0 Å². The number of amides is 1. The van der Waals surface area contributed by atoms with Gasteiger partial charge in [-0.3, -0.25) is 4.79 Å². The quantitative estimate of drug-likeness (QED) is 0.723. The molecule has 2 saturated heterocycles. The second kappa shape index (κ2) is 9.84. The third-order valence-electron chi connectivity index (χ3n) is 6.42. The third kappa shape index (κ3) is 5.10. The lowest BCUT2D eigenvalue weighted by molar-refractivity contribution is 0.0611. The fourth-order valence-electron chi connectivity index (χ4n) is 4.84. The molecule has 0 spiro atoms. The van der Waals surface area contributed by atoms with Crippen LogP contribution in [0.15, 0.2) is 42.5 Å². The molecule has 0 radical (unpaired) electrons. The summed E-state index contributed by atoms with van der Waals surface area (Å²) < 4.78 is 5.48. The van der Waals surface area contributed by atoms with E-state index in [9.17, 15) is 4.79 Å². The summed E-state index contributed by atoms with van der Waals surface area (Å²) in [5.74, 6) is 0.152. The van der Waals surface area contributed by atoms with Crippen LogP contribution >= 0.6 is 0 Å². The number of morpholine rings is 1. The monoisotopic (exact) mass is 421 g/mol. The molecule has 166 valence electrons. The van der Waals surface area contributed by atoms with E-state index < -0.39 is 0 Å². The van der Waals surface area contributed by atoms with Crippen molar-refractivity contribution < 1.29 is 9.53 Å². The van der Waals surface area contributed by atoms with Gasteiger partial charge in [0.05, 0.1) is 19.3 Å². The fraction of sp³-hybridized carbons (Fsp3) is 0.500. The second-order valence-corrected chi connectivity index (χ2v) is 9.09. The molecular formula is C26H35N3O2. The van der Waals surface area contributed by atoms with Crippen LogP contribution in [0.3, 0.4) is 0 Å². The number of hydrogen-bond donors (Lipinski definition) is 0. The minimum absolute atomic E-state index is 0.152. The molecule has 0 aliphatic carbocycles. The zero-order chi connectivity index (χ0) is 21.8. The first-order chi connectivity index (χ1) is 15.0. The highest BCUT2D eigenvalue weighted by molar-refractivity contribution is 5.95. The van der Waals surface area contributed by atoms with E-state index in [1.165, 1.54) is 23.2 Å². The van der Waals surface area contributed by atoms with E-state index in [0.717, 1.165) is 63.4 Å². The van der Waals surface area contributed by atoms with Crippen molar-refractivity contribution in [1.29, 1.82) is 0 Å². The highest BCUT2D eigenvalue weighted by Crippen LogP contribution is 2.33. The summed E-state index contributed by atoms with van der Waals surface area (Å²) in [6.07, 6.45) is 3.28. The Bertz CT molecular complexity index is 888. The normalized spacial score (nSPS) is 19.7. The lowest BCUT2D eigenvalue weighted by atomic mass is 9.93. The zero-order valence-corrected chi connectivity index (χ0v) is 19.1. The molecule has 2 aliphatic rings. The number of benzene rings is 2. The number of carbonyl (C=O) groups is 1. The fourth-order valence-corrected chi connectivity index (χ4v) is 4.84. The topological polar surface area (TPSA) is 36.0 Å². The van der Waals surface area contributed by atoms with Crippen LogP contribution in [0, 0.1) is 6.92 Å². The number of anilines is 1. The Hall–Kier alpha value is -2.37. The molecule has 2 aromatic carbocycles. The molecule has 5 heteroatoms. The molecule has 2 fully saturated rings. The average Bonchev–Trinajstić information content (AvgIpc) is 2.79. The number of piperidine rings is 1. The summed E-state index contributed by atoms with van der Waals surface area (Å²) in [5, 5.41) is 0. The summed E-state index contributed by atoms with van der Waals surface area (Å²) in [6.45, 7) is 7.22. The minimum Gasteiger partial charge on any atom is -0.378 e. The Kier molecular flexibility index (Phi) is 6.93. The van der Waals surface area contributed by atoms with Crippen LogP contribution in [0.4, 0.5) is 5.69 Å². The van der Waals surface area contributed by atoms with Crippen molar-refractivity contribution in [3.8, 4) is 0 Å². The standard InChI is InChI=1S/C26H35N3O2/c1-20-18-23(11-12-24(20)28-14-16-31-17-15-28)26(30)29-13-5-4-6-25(29)22-9-7-21(8-10-22)19-27(2)3/h7-12,18,25H,4-6,13-17,19H2,1-3H3. The Morgan fingerprint density at radius 3 is 2.45 bits per heavy atom. The van der Waals surface area contributed by atoms with Crippen LogP contribution in [0.5, 0.6) is 0 Å². The van der Waals surface area contributed by atoms with E-state index in [1.807, 2.05) is 6.07 Å². The average molecular weight is 422 g/mol. The number of ether oxygens (including phenoxy) is 1. The van der Waals surface area contributed by atoms with Gasteiger partial charge in [0, 0.05) is 37.4 Å². The molecule has 1 amide bonds. The first-order valence-electron chi connectivity index (χ1n) is 11.5. The molecule has 2 aliphatic heterocycles. The van der Waals surface area contributed by atoms with Gasteiger partial charge < -0.3 is 19.4 Å². The van der Waals surface area contributed by atoms with Crippen molar-refractivity contribution in [2.75, 3.05) is 51.8 Å². The molecule has 2 aromatic rings. The smallest absolute Gasteiger partial charge is 0.254 e. The number of aryl methyl sites for hydroxylation is 1. The van der Waals surface area contributed by atoms with Crippen LogP contribution in [-0.2, 0) is 11.3 Å². The van der Waals surface area contributed by atoms with Crippen molar-refractivity contribution >= 4 is 11.6 Å². The number of likely N-dealkylation sites (tertiary alicyclic amines) is 1. The lowest BCUT2D eigenvalue weighted by Gasteiger charge is -2.36. The zero-order valence-electron chi connectivity index (χ0n) is 19.1. The summed E-state index contributed by atoms with van der Waals surface area (Å²) in [4.78, 5) is 20.1. The largest absolute Gasteiger partial charge is 0.378 e. The maximum absolute atomic E-state index is 13.5. The van der Waals surface area contributed by atoms with E-state index >= 15 is 0 Å². The van der Waals surface area contributed by atoms with Gasteiger partial charge in [0.1, 0.15) is 0 Å². The van der Waals surface area contributed by atoms with Gasteiger partial charge in [0.2, 0.25) is 0 Å².